The number of aryl methyl sites for hydroxylation is 1. The molecule has 31 heavy (non-hydrogen) atoms. The highest BCUT2D eigenvalue weighted by Gasteiger charge is 2.17. The molecule has 3 aromatic carbocycles. The van der Waals surface area contributed by atoms with Gasteiger partial charge in [-0.15, -0.1) is 10.2 Å². The summed E-state index contributed by atoms with van der Waals surface area (Å²) < 4.78 is 7.23. The van der Waals surface area contributed by atoms with Crippen LogP contribution in [-0.2, 0) is 4.79 Å². The van der Waals surface area contributed by atoms with E-state index in [0.717, 1.165) is 28.3 Å². The lowest BCUT2D eigenvalue weighted by molar-refractivity contribution is -0.113. The number of hydrogen-bond donors (Lipinski definition) is 1. The van der Waals surface area contributed by atoms with E-state index in [0.29, 0.717) is 11.0 Å². The van der Waals surface area contributed by atoms with Gasteiger partial charge in [-0.1, -0.05) is 59.8 Å². The van der Waals surface area contributed by atoms with Crippen molar-refractivity contribution in [3.05, 3.63) is 84.4 Å². The van der Waals surface area contributed by atoms with Gasteiger partial charge < -0.3 is 10.1 Å². The molecule has 0 aliphatic rings. The molecule has 0 unspecified atom stereocenters. The lowest BCUT2D eigenvalue weighted by Gasteiger charge is -2.11. The van der Waals surface area contributed by atoms with Crippen LogP contribution in [0.15, 0.2) is 84.0 Å². The molecule has 0 spiro atoms. The number of rotatable bonds is 7. The van der Waals surface area contributed by atoms with Crippen molar-refractivity contribution in [3.8, 4) is 22.8 Å². The van der Waals surface area contributed by atoms with Crippen LogP contribution < -0.4 is 10.1 Å². The molecule has 156 valence electrons. The third-order valence-electron chi connectivity index (χ3n) is 4.66. The molecule has 0 aliphatic carbocycles. The van der Waals surface area contributed by atoms with E-state index in [-0.39, 0.29) is 11.7 Å². The molecule has 0 fully saturated rings. The van der Waals surface area contributed by atoms with E-state index in [1.54, 1.807) is 7.11 Å². The minimum atomic E-state index is -0.0978. The number of anilines is 1. The number of nitrogens with one attached hydrogen (secondary N) is 1. The molecule has 0 aliphatic heterocycles. The van der Waals surface area contributed by atoms with Gasteiger partial charge in [-0.3, -0.25) is 9.36 Å². The molecule has 0 saturated heterocycles. The molecule has 4 rings (SSSR count). The molecule has 7 heteroatoms. The van der Waals surface area contributed by atoms with Gasteiger partial charge in [-0.25, -0.2) is 0 Å². The van der Waals surface area contributed by atoms with Crippen LogP contribution in [0.1, 0.15) is 5.56 Å². The van der Waals surface area contributed by atoms with Crippen LogP contribution in [0.2, 0.25) is 0 Å². The fraction of sp³-hybridized carbons (Fsp3) is 0.125. The Kier molecular flexibility index (Phi) is 6.33. The first-order valence-corrected chi connectivity index (χ1v) is 10.8. The second-order valence-electron chi connectivity index (χ2n) is 6.91. The Morgan fingerprint density at radius 2 is 1.68 bits per heavy atom. The Hall–Kier alpha value is -3.58. The lowest BCUT2D eigenvalue weighted by Crippen LogP contribution is -2.14. The number of carbonyl (C=O) groups excluding carboxylic acids is 1. The van der Waals surface area contributed by atoms with E-state index < -0.39 is 0 Å². The Morgan fingerprint density at radius 3 is 2.35 bits per heavy atom. The number of benzene rings is 3. The maximum absolute atomic E-state index is 12.5. The Bertz CT molecular complexity index is 1160. The molecule has 1 amide bonds. The van der Waals surface area contributed by atoms with Crippen LogP contribution in [0, 0.1) is 6.92 Å². The van der Waals surface area contributed by atoms with E-state index >= 15 is 0 Å². The normalized spacial score (nSPS) is 10.6. The van der Waals surface area contributed by atoms with Crippen molar-refractivity contribution in [2.45, 2.75) is 12.1 Å². The topological polar surface area (TPSA) is 69.0 Å². The monoisotopic (exact) mass is 430 g/mol. The third-order valence-corrected chi connectivity index (χ3v) is 5.59. The first-order chi connectivity index (χ1) is 15.1. The summed E-state index contributed by atoms with van der Waals surface area (Å²) >= 11 is 1.34. The number of ether oxygens (including phenoxy) is 1. The lowest BCUT2D eigenvalue weighted by atomic mass is 10.2. The van der Waals surface area contributed by atoms with Crippen molar-refractivity contribution < 1.29 is 9.53 Å². The summed E-state index contributed by atoms with van der Waals surface area (Å²) in [5.74, 6) is 1.60. The predicted molar refractivity (Wildman–Crippen MR) is 124 cm³/mol. The summed E-state index contributed by atoms with van der Waals surface area (Å²) in [6.45, 7) is 2.01. The first-order valence-electron chi connectivity index (χ1n) is 9.78. The van der Waals surface area contributed by atoms with Gasteiger partial charge in [0.15, 0.2) is 11.0 Å². The van der Waals surface area contributed by atoms with Crippen LogP contribution in [0.5, 0.6) is 5.75 Å². The fourth-order valence-corrected chi connectivity index (χ4v) is 3.82. The summed E-state index contributed by atoms with van der Waals surface area (Å²) in [6.07, 6.45) is 0. The van der Waals surface area contributed by atoms with E-state index in [1.165, 1.54) is 11.8 Å². The van der Waals surface area contributed by atoms with Gasteiger partial charge in [0.1, 0.15) is 5.75 Å². The van der Waals surface area contributed by atoms with E-state index in [4.69, 9.17) is 4.74 Å². The zero-order chi connectivity index (χ0) is 21.6. The smallest absolute Gasteiger partial charge is 0.234 e. The Balaban J connectivity index is 1.58. The molecule has 0 saturated carbocycles. The average molecular weight is 431 g/mol. The second-order valence-corrected chi connectivity index (χ2v) is 7.85. The van der Waals surface area contributed by atoms with Crippen molar-refractivity contribution >= 4 is 23.4 Å². The minimum Gasteiger partial charge on any atom is -0.497 e. The number of carbonyl (C=O) groups is 1. The van der Waals surface area contributed by atoms with Gasteiger partial charge in [0.25, 0.3) is 0 Å². The average Bonchev–Trinajstić information content (AvgIpc) is 3.24. The Morgan fingerprint density at radius 1 is 0.968 bits per heavy atom. The highest BCUT2D eigenvalue weighted by molar-refractivity contribution is 7.99. The first kappa shape index (κ1) is 20.7. The van der Waals surface area contributed by atoms with E-state index in [9.17, 15) is 4.79 Å². The van der Waals surface area contributed by atoms with Crippen molar-refractivity contribution in [1.29, 1.82) is 0 Å². The molecular weight excluding hydrogens is 408 g/mol. The summed E-state index contributed by atoms with van der Waals surface area (Å²) in [7, 11) is 1.64. The molecule has 0 atom stereocenters. The maximum atomic E-state index is 12.5. The quantitative estimate of drug-likeness (QED) is 0.419. The summed E-state index contributed by atoms with van der Waals surface area (Å²) in [5.41, 5.74) is 3.76. The Labute approximate surface area is 185 Å². The molecule has 1 N–H and O–H groups in total. The molecule has 0 bridgehead atoms. The summed E-state index contributed by atoms with van der Waals surface area (Å²) in [5, 5.41) is 12.3. The SMILES string of the molecule is COc1ccc(-n2c(SCC(=O)Nc3ccc(C)cc3)nnc2-c2ccccc2)cc1. The predicted octanol–water partition coefficient (Wildman–Crippen LogP) is 4.98. The zero-order valence-corrected chi connectivity index (χ0v) is 18.1. The van der Waals surface area contributed by atoms with Crippen LogP contribution >= 0.6 is 11.8 Å². The van der Waals surface area contributed by atoms with Gasteiger partial charge in [-0.05, 0) is 43.3 Å². The largest absolute Gasteiger partial charge is 0.497 e. The third kappa shape index (κ3) is 4.95. The standard InChI is InChI=1S/C24H22N4O2S/c1-17-8-10-19(11-9-17)25-22(29)16-31-24-27-26-23(18-6-4-3-5-7-18)28(24)20-12-14-21(30-2)15-13-20/h3-15H,16H2,1-2H3,(H,25,29). The van der Waals surface area contributed by atoms with Crippen LogP contribution in [-0.4, -0.2) is 33.5 Å². The van der Waals surface area contributed by atoms with Crippen LogP contribution in [0.4, 0.5) is 5.69 Å². The molecule has 6 nitrogen and oxygen atoms in total. The van der Waals surface area contributed by atoms with Gasteiger partial charge in [-0.2, -0.15) is 0 Å². The molecule has 1 aromatic heterocycles. The fourth-order valence-electron chi connectivity index (χ4n) is 3.07. The molecule has 1 heterocycles. The number of nitrogens with zero attached hydrogens (tertiary/aromatic N) is 3. The molecular formula is C24H22N4O2S. The van der Waals surface area contributed by atoms with Gasteiger partial charge in [0.05, 0.1) is 12.9 Å². The van der Waals surface area contributed by atoms with Crippen molar-refractivity contribution in [2.75, 3.05) is 18.2 Å². The van der Waals surface area contributed by atoms with Gasteiger partial charge in [0.2, 0.25) is 5.91 Å². The maximum Gasteiger partial charge on any atom is 0.234 e. The van der Waals surface area contributed by atoms with Gasteiger partial charge in [0, 0.05) is 16.9 Å². The number of aromatic nitrogens is 3. The summed E-state index contributed by atoms with van der Waals surface area (Å²) in [6, 6.07) is 25.3. The highest BCUT2D eigenvalue weighted by atomic mass is 32.2. The van der Waals surface area contributed by atoms with Crippen molar-refractivity contribution in [3.63, 3.8) is 0 Å². The van der Waals surface area contributed by atoms with Crippen molar-refractivity contribution in [1.82, 2.24) is 14.8 Å². The van der Waals surface area contributed by atoms with Gasteiger partial charge >= 0.3 is 0 Å². The number of hydrogen-bond acceptors (Lipinski definition) is 5. The number of methoxy groups -OCH3 is 1. The van der Waals surface area contributed by atoms with E-state index in [1.807, 2.05) is 90.4 Å². The van der Waals surface area contributed by atoms with Crippen LogP contribution in [0.25, 0.3) is 17.1 Å². The minimum absolute atomic E-state index is 0.0978. The number of thioether (sulfide) groups is 1. The molecule has 4 aromatic rings. The number of amides is 1. The second kappa shape index (κ2) is 9.49. The highest BCUT2D eigenvalue weighted by Crippen LogP contribution is 2.29. The van der Waals surface area contributed by atoms with Crippen molar-refractivity contribution in [2.24, 2.45) is 0 Å². The molecule has 0 radical (unpaired) electrons. The summed E-state index contributed by atoms with van der Waals surface area (Å²) in [4.78, 5) is 12.5. The van der Waals surface area contributed by atoms with Crippen LogP contribution in [0.3, 0.4) is 0 Å². The van der Waals surface area contributed by atoms with E-state index in [2.05, 4.69) is 15.5 Å². The zero-order valence-electron chi connectivity index (χ0n) is 17.3.